The highest BCUT2D eigenvalue weighted by Gasteiger charge is 2.50. The molecule has 4 rings (SSSR count). The van der Waals surface area contributed by atoms with Gasteiger partial charge in [0.15, 0.2) is 0 Å². The highest BCUT2D eigenvalue weighted by molar-refractivity contribution is 5.35. The van der Waals surface area contributed by atoms with Crippen molar-refractivity contribution in [2.75, 3.05) is 0 Å². The molecule has 2 nitrogen and oxygen atoms in total. The van der Waals surface area contributed by atoms with Crippen molar-refractivity contribution in [1.82, 2.24) is 5.32 Å². The molecule has 9 heteroatoms. The molecule has 2 bridgehead atoms. The average Bonchev–Trinajstić information content (AvgIpc) is 3.08. The van der Waals surface area contributed by atoms with Crippen LogP contribution in [0.3, 0.4) is 0 Å². The average molecular weight is 461 g/mol. The van der Waals surface area contributed by atoms with Gasteiger partial charge in [-0.15, -0.1) is 0 Å². The molecule has 32 heavy (non-hydrogen) atoms. The van der Waals surface area contributed by atoms with Crippen LogP contribution >= 0.6 is 0 Å². The van der Waals surface area contributed by atoms with E-state index in [0.29, 0.717) is 25.0 Å². The first-order valence-electron chi connectivity index (χ1n) is 10.4. The normalized spacial score (nSPS) is 26.9. The Morgan fingerprint density at radius 1 is 0.906 bits per heavy atom. The summed E-state index contributed by atoms with van der Waals surface area (Å²) in [7, 11) is 0. The van der Waals surface area contributed by atoms with Crippen LogP contribution in [0.4, 0.5) is 30.7 Å². The minimum Gasteiger partial charge on any atom is -0.368 e. The van der Waals surface area contributed by atoms with E-state index in [4.69, 9.17) is 4.74 Å². The molecule has 0 unspecified atom stereocenters. The van der Waals surface area contributed by atoms with Gasteiger partial charge in [-0.25, -0.2) is 4.39 Å². The second kappa shape index (κ2) is 8.02. The largest absolute Gasteiger partial charge is 0.416 e. The van der Waals surface area contributed by atoms with Crippen molar-refractivity contribution in [3.05, 3.63) is 70.5 Å². The van der Waals surface area contributed by atoms with Crippen LogP contribution in [0.15, 0.2) is 42.5 Å². The fourth-order valence-electron chi connectivity index (χ4n) is 4.86. The molecule has 2 aromatic rings. The number of nitrogens with one attached hydrogen (secondary N) is 1. The molecule has 2 aliphatic rings. The maximum absolute atomic E-state index is 13.5. The standard InChI is InChI=1S/C23H22F7NO/c1-13(14-10-16(22(25,26)27)12-17(11-14)23(28,29)30)32-20-7-6-19-8-9-21(20,31-19)15-2-4-18(24)5-3-15/h2-5,10-13,19-20,31H,6-9H2,1H3/t13-,19+,20-,21-/m1/s1. The molecule has 0 amide bonds. The summed E-state index contributed by atoms with van der Waals surface area (Å²) in [5.41, 5.74) is -2.80. The highest BCUT2D eigenvalue weighted by atomic mass is 19.4. The van der Waals surface area contributed by atoms with Crippen LogP contribution in [0, 0.1) is 5.82 Å². The summed E-state index contributed by atoms with van der Waals surface area (Å²) >= 11 is 0. The smallest absolute Gasteiger partial charge is 0.368 e. The number of piperidine rings is 1. The van der Waals surface area contributed by atoms with Crippen LogP contribution in [-0.4, -0.2) is 12.1 Å². The van der Waals surface area contributed by atoms with E-state index in [1.54, 1.807) is 12.1 Å². The predicted octanol–water partition coefficient (Wildman–Crippen LogP) is 6.75. The van der Waals surface area contributed by atoms with Crippen LogP contribution < -0.4 is 5.32 Å². The molecule has 2 saturated heterocycles. The first-order chi connectivity index (χ1) is 14.9. The van der Waals surface area contributed by atoms with E-state index < -0.39 is 47.0 Å². The van der Waals surface area contributed by atoms with Crippen LogP contribution in [0.1, 0.15) is 61.0 Å². The third-order valence-corrected chi connectivity index (χ3v) is 6.48. The SMILES string of the molecule is C[C@@H](O[C@@H]1CC[C@H]2CC[C@]1(c1ccc(F)cc1)N2)c1cc(C(F)(F)F)cc(C(F)(F)F)c1. The van der Waals surface area contributed by atoms with Crippen molar-refractivity contribution in [1.29, 1.82) is 0 Å². The Kier molecular flexibility index (Phi) is 5.78. The number of halogens is 7. The molecule has 2 fully saturated rings. The molecule has 0 radical (unpaired) electrons. The molecule has 4 atom stereocenters. The van der Waals surface area contributed by atoms with Crippen molar-refractivity contribution < 1.29 is 35.5 Å². The summed E-state index contributed by atoms with van der Waals surface area (Å²) < 4.78 is 99.1. The number of hydrogen-bond donors (Lipinski definition) is 1. The lowest BCUT2D eigenvalue weighted by Crippen LogP contribution is -2.54. The molecule has 1 N–H and O–H groups in total. The Bertz CT molecular complexity index is 938. The van der Waals surface area contributed by atoms with Gasteiger partial charge in [0, 0.05) is 6.04 Å². The van der Waals surface area contributed by atoms with Crippen molar-refractivity contribution >= 4 is 0 Å². The molecule has 2 heterocycles. The summed E-state index contributed by atoms with van der Waals surface area (Å²) in [4.78, 5) is 0. The van der Waals surface area contributed by atoms with Crippen LogP contribution in [-0.2, 0) is 22.6 Å². The minimum absolute atomic E-state index is 0.111. The van der Waals surface area contributed by atoms with Gasteiger partial charge in [-0.05, 0) is 74.1 Å². The second-order valence-corrected chi connectivity index (χ2v) is 8.54. The Morgan fingerprint density at radius 3 is 2.06 bits per heavy atom. The van der Waals surface area contributed by atoms with Gasteiger partial charge in [-0.2, -0.15) is 26.3 Å². The van der Waals surface area contributed by atoms with Crippen molar-refractivity contribution in [2.24, 2.45) is 0 Å². The predicted molar refractivity (Wildman–Crippen MR) is 103 cm³/mol. The van der Waals surface area contributed by atoms with Gasteiger partial charge in [0.2, 0.25) is 0 Å². The molecule has 0 spiro atoms. The summed E-state index contributed by atoms with van der Waals surface area (Å²) in [6, 6.07) is 7.70. The van der Waals surface area contributed by atoms with Gasteiger partial charge >= 0.3 is 12.4 Å². The summed E-state index contributed by atoms with van der Waals surface area (Å²) in [6.07, 6.45) is -8.46. The fourth-order valence-corrected chi connectivity index (χ4v) is 4.86. The quantitative estimate of drug-likeness (QED) is 0.509. The first kappa shape index (κ1) is 23.0. The molecular formula is C23H22F7NO. The van der Waals surface area contributed by atoms with E-state index in [2.05, 4.69) is 5.32 Å². The van der Waals surface area contributed by atoms with Gasteiger partial charge in [0.25, 0.3) is 0 Å². The number of benzene rings is 2. The summed E-state index contributed by atoms with van der Waals surface area (Å²) in [5.74, 6) is -0.398. The lowest BCUT2D eigenvalue weighted by Gasteiger charge is -2.43. The molecule has 174 valence electrons. The number of ether oxygens (including phenoxy) is 1. The van der Waals surface area contributed by atoms with E-state index in [-0.39, 0.29) is 17.7 Å². The Morgan fingerprint density at radius 2 is 1.50 bits per heavy atom. The number of alkyl halides is 6. The van der Waals surface area contributed by atoms with Gasteiger partial charge < -0.3 is 10.1 Å². The van der Waals surface area contributed by atoms with Crippen LogP contribution in [0.5, 0.6) is 0 Å². The third-order valence-electron chi connectivity index (χ3n) is 6.48. The van der Waals surface area contributed by atoms with Crippen molar-refractivity contribution in [3.8, 4) is 0 Å². The number of rotatable bonds is 4. The molecule has 2 aliphatic heterocycles. The third kappa shape index (κ3) is 4.37. The zero-order valence-corrected chi connectivity index (χ0v) is 17.2. The zero-order valence-electron chi connectivity index (χ0n) is 17.2. The van der Waals surface area contributed by atoms with Crippen molar-refractivity contribution in [2.45, 2.75) is 68.7 Å². The molecule has 0 aromatic heterocycles. The van der Waals surface area contributed by atoms with Crippen LogP contribution in [0.2, 0.25) is 0 Å². The van der Waals surface area contributed by atoms with Crippen molar-refractivity contribution in [3.63, 3.8) is 0 Å². The van der Waals surface area contributed by atoms with Gasteiger partial charge in [0.1, 0.15) is 5.82 Å². The summed E-state index contributed by atoms with van der Waals surface area (Å²) in [5, 5.41) is 3.51. The fraction of sp³-hybridized carbons (Fsp3) is 0.478. The van der Waals surface area contributed by atoms with Crippen LogP contribution in [0.25, 0.3) is 0 Å². The van der Waals surface area contributed by atoms with E-state index in [1.807, 2.05) is 0 Å². The maximum Gasteiger partial charge on any atom is 0.416 e. The van der Waals surface area contributed by atoms with Gasteiger partial charge in [-0.1, -0.05) is 12.1 Å². The Balaban J connectivity index is 1.66. The van der Waals surface area contributed by atoms with E-state index >= 15 is 0 Å². The van der Waals surface area contributed by atoms with Gasteiger partial charge in [-0.3, -0.25) is 0 Å². The van der Waals surface area contributed by atoms with E-state index in [1.165, 1.54) is 19.1 Å². The molecule has 0 aliphatic carbocycles. The maximum atomic E-state index is 13.5. The topological polar surface area (TPSA) is 21.3 Å². The van der Waals surface area contributed by atoms with Gasteiger partial charge in [0.05, 0.1) is 28.9 Å². The monoisotopic (exact) mass is 461 g/mol. The lowest BCUT2D eigenvalue weighted by atomic mass is 9.80. The lowest BCUT2D eigenvalue weighted by molar-refractivity contribution is -0.143. The van der Waals surface area contributed by atoms with E-state index in [9.17, 15) is 30.7 Å². The molecule has 0 saturated carbocycles. The Hall–Kier alpha value is -2.13. The zero-order chi connectivity index (χ0) is 23.3. The Labute approximate surface area is 180 Å². The molecule has 2 aromatic carbocycles. The number of fused-ring (bicyclic) bond motifs is 2. The summed E-state index contributed by atoms with van der Waals surface area (Å²) in [6.45, 7) is 1.45. The second-order valence-electron chi connectivity index (χ2n) is 8.54. The first-order valence-corrected chi connectivity index (χ1v) is 10.4. The minimum atomic E-state index is -4.92. The molecular weight excluding hydrogens is 439 g/mol. The number of hydrogen-bond acceptors (Lipinski definition) is 2. The van der Waals surface area contributed by atoms with E-state index in [0.717, 1.165) is 18.4 Å². The highest BCUT2D eigenvalue weighted by Crippen LogP contribution is 2.46.